The molecule has 0 amide bonds. The molecule has 0 atom stereocenters. The second-order valence-corrected chi connectivity index (χ2v) is 7.29. The van der Waals surface area contributed by atoms with E-state index >= 15 is 0 Å². The number of nitrogens with one attached hydrogen (secondary N) is 1. The molecule has 0 unspecified atom stereocenters. The first-order chi connectivity index (χ1) is 14.8. The van der Waals surface area contributed by atoms with Crippen molar-refractivity contribution < 1.29 is 0 Å². The Hall–Kier alpha value is -4.11. The number of hydrogen-bond donors (Lipinski definition) is 2. The number of rotatable bonds is 4. The molecule has 3 nitrogen and oxygen atoms in total. The van der Waals surface area contributed by atoms with E-state index in [0.29, 0.717) is 5.70 Å². The first kappa shape index (κ1) is 18.0. The van der Waals surface area contributed by atoms with E-state index in [1.807, 2.05) is 18.2 Å². The minimum atomic E-state index is 0.591. The number of fused-ring (bicyclic) bond motifs is 3. The van der Waals surface area contributed by atoms with Gasteiger partial charge in [0.05, 0.1) is 11.0 Å². The molecule has 0 fully saturated rings. The standard InChI is InChI=1S/C27H21N3/c28-16-15-25(29)21-8-6-7-19(17-21)20-13-14-27-24(18-20)23-11-4-5-12-26(23)30(27)22-9-2-1-3-10-22/h1-18,28H,29H2/b25-15-,28-16?. The van der Waals surface area contributed by atoms with E-state index in [9.17, 15) is 0 Å². The lowest BCUT2D eigenvalue weighted by Gasteiger charge is -2.09. The van der Waals surface area contributed by atoms with Crippen LogP contribution in [0.4, 0.5) is 0 Å². The normalized spacial score (nSPS) is 11.8. The number of hydrogen-bond acceptors (Lipinski definition) is 2. The van der Waals surface area contributed by atoms with Crippen LogP contribution in [0.15, 0.2) is 103 Å². The van der Waals surface area contributed by atoms with Gasteiger partial charge >= 0.3 is 0 Å². The van der Waals surface area contributed by atoms with Gasteiger partial charge in [0.15, 0.2) is 0 Å². The highest BCUT2D eigenvalue weighted by molar-refractivity contribution is 6.10. The van der Waals surface area contributed by atoms with E-state index in [4.69, 9.17) is 11.1 Å². The molecule has 3 heteroatoms. The third-order valence-electron chi connectivity index (χ3n) is 5.48. The largest absolute Gasteiger partial charge is 0.398 e. The number of nitrogens with zero attached hydrogens (tertiary/aromatic N) is 1. The van der Waals surface area contributed by atoms with E-state index < -0.39 is 0 Å². The molecule has 0 bridgehead atoms. The van der Waals surface area contributed by atoms with Crippen molar-refractivity contribution in [3.63, 3.8) is 0 Å². The van der Waals surface area contributed by atoms with Crippen LogP contribution in [0.3, 0.4) is 0 Å². The number of nitrogens with two attached hydrogens (primary N) is 1. The van der Waals surface area contributed by atoms with Crippen molar-refractivity contribution in [3.05, 3.63) is 109 Å². The van der Waals surface area contributed by atoms with Gasteiger partial charge < -0.3 is 15.7 Å². The molecular formula is C27H21N3. The van der Waals surface area contributed by atoms with Crippen LogP contribution in [0.25, 0.3) is 44.3 Å². The third kappa shape index (κ3) is 2.97. The van der Waals surface area contributed by atoms with Crippen molar-refractivity contribution in [2.75, 3.05) is 0 Å². The first-order valence-electron chi connectivity index (χ1n) is 9.92. The van der Waals surface area contributed by atoms with Crippen LogP contribution in [-0.2, 0) is 0 Å². The van der Waals surface area contributed by atoms with Gasteiger partial charge in [-0.1, -0.05) is 60.7 Å². The zero-order valence-electron chi connectivity index (χ0n) is 16.4. The number of para-hydroxylation sites is 2. The molecular weight excluding hydrogens is 366 g/mol. The SMILES string of the molecule is N=C/C=C(\N)c1cccc(-c2ccc3c(c2)c2ccccc2n3-c2ccccc2)c1. The highest BCUT2D eigenvalue weighted by Crippen LogP contribution is 2.35. The summed E-state index contributed by atoms with van der Waals surface area (Å²) in [5.41, 5.74) is 13.4. The zero-order chi connectivity index (χ0) is 20.5. The third-order valence-corrected chi connectivity index (χ3v) is 5.48. The topological polar surface area (TPSA) is 54.8 Å². The Morgan fingerprint density at radius 2 is 1.43 bits per heavy atom. The highest BCUT2D eigenvalue weighted by Gasteiger charge is 2.13. The summed E-state index contributed by atoms with van der Waals surface area (Å²) in [5.74, 6) is 0. The molecule has 0 radical (unpaired) electrons. The van der Waals surface area contributed by atoms with E-state index in [1.54, 1.807) is 6.08 Å². The lowest BCUT2D eigenvalue weighted by atomic mass is 10.00. The van der Waals surface area contributed by atoms with Crippen LogP contribution in [0.2, 0.25) is 0 Å². The summed E-state index contributed by atoms with van der Waals surface area (Å²) >= 11 is 0. The predicted molar refractivity (Wildman–Crippen MR) is 127 cm³/mol. The minimum Gasteiger partial charge on any atom is -0.398 e. The van der Waals surface area contributed by atoms with E-state index in [2.05, 4.69) is 83.4 Å². The number of allylic oxidation sites excluding steroid dienone is 1. The summed E-state index contributed by atoms with van der Waals surface area (Å²) in [6.07, 6.45) is 2.82. The second kappa shape index (κ2) is 7.37. The van der Waals surface area contributed by atoms with Crippen LogP contribution < -0.4 is 5.73 Å². The van der Waals surface area contributed by atoms with Gasteiger partial charge in [-0.2, -0.15) is 0 Å². The van der Waals surface area contributed by atoms with Gasteiger partial charge in [0, 0.05) is 28.4 Å². The van der Waals surface area contributed by atoms with Crippen molar-refractivity contribution in [3.8, 4) is 16.8 Å². The quantitative estimate of drug-likeness (QED) is 0.344. The zero-order valence-corrected chi connectivity index (χ0v) is 16.4. The van der Waals surface area contributed by atoms with E-state index in [0.717, 1.165) is 22.4 Å². The average molecular weight is 387 g/mol. The van der Waals surface area contributed by atoms with E-state index in [1.165, 1.54) is 28.0 Å². The lowest BCUT2D eigenvalue weighted by Crippen LogP contribution is -1.96. The maximum absolute atomic E-state index is 7.26. The molecule has 1 heterocycles. The fourth-order valence-electron chi connectivity index (χ4n) is 4.07. The summed E-state index contributed by atoms with van der Waals surface area (Å²) in [7, 11) is 0. The van der Waals surface area contributed by atoms with Gasteiger partial charge in [-0.3, -0.25) is 0 Å². The molecule has 30 heavy (non-hydrogen) atoms. The number of aromatic nitrogens is 1. The minimum absolute atomic E-state index is 0.591. The van der Waals surface area contributed by atoms with Gasteiger partial charge in [0.2, 0.25) is 0 Å². The molecule has 4 aromatic carbocycles. The molecule has 5 aromatic rings. The molecule has 0 aliphatic heterocycles. The highest BCUT2D eigenvalue weighted by atomic mass is 15.0. The molecule has 3 N–H and O–H groups in total. The van der Waals surface area contributed by atoms with Gasteiger partial charge in [-0.25, -0.2) is 0 Å². The van der Waals surface area contributed by atoms with Gasteiger partial charge in [-0.15, -0.1) is 0 Å². The maximum Gasteiger partial charge on any atom is 0.0541 e. The Kier molecular flexibility index (Phi) is 4.41. The number of benzene rings is 4. The van der Waals surface area contributed by atoms with Crippen LogP contribution in [0, 0.1) is 5.41 Å². The van der Waals surface area contributed by atoms with Gasteiger partial charge in [0.1, 0.15) is 0 Å². The fraction of sp³-hybridized carbons (Fsp3) is 0. The van der Waals surface area contributed by atoms with Crippen molar-refractivity contribution >= 4 is 33.7 Å². The molecule has 0 spiro atoms. The average Bonchev–Trinajstić information content (AvgIpc) is 3.13. The summed E-state index contributed by atoms with van der Waals surface area (Å²) in [5, 5.41) is 9.71. The molecule has 1 aromatic heterocycles. The van der Waals surface area contributed by atoms with Crippen LogP contribution in [0.1, 0.15) is 5.56 Å². The van der Waals surface area contributed by atoms with Crippen molar-refractivity contribution in [1.29, 1.82) is 5.41 Å². The lowest BCUT2D eigenvalue weighted by molar-refractivity contribution is 1.18. The van der Waals surface area contributed by atoms with Crippen molar-refractivity contribution in [2.24, 2.45) is 5.73 Å². The molecule has 0 saturated carbocycles. The summed E-state index contributed by atoms with van der Waals surface area (Å²) in [6.45, 7) is 0. The second-order valence-electron chi connectivity index (χ2n) is 7.29. The molecule has 144 valence electrons. The van der Waals surface area contributed by atoms with E-state index in [-0.39, 0.29) is 0 Å². The Morgan fingerprint density at radius 1 is 0.700 bits per heavy atom. The Balaban J connectivity index is 1.73. The molecule has 0 aliphatic carbocycles. The van der Waals surface area contributed by atoms with Gasteiger partial charge in [-0.05, 0) is 59.2 Å². The molecule has 5 rings (SSSR count). The molecule has 0 saturated heterocycles. The monoisotopic (exact) mass is 387 g/mol. The van der Waals surface area contributed by atoms with Crippen molar-refractivity contribution in [2.45, 2.75) is 0 Å². The summed E-state index contributed by atoms with van der Waals surface area (Å²) in [4.78, 5) is 0. The smallest absolute Gasteiger partial charge is 0.0541 e. The molecule has 0 aliphatic rings. The van der Waals surface area contributed by atoms with Crippen LogP contribution in [-0.4, -0.2) is 10.8 Å². The first-order valence-corrected chi connectivity index (χ1v) is 9.92. The summed E-state index contributed by atoms with van der Waals surface area (Å²) < 4.78 is 2.32. The summed E-state index contributed by atoms with van der Waals surface area (Å²) in [6, 6.07) is 33.8. The Bertz CT molecular complexity index is 1410. The predicted octanol–water partition coefficient (Wildman–Crippen LogP) is 6.40. The van der Waals surface area contributed by atoms with Crippen molar-refractivity contribution in [1.82, 2.24) is 4.57 Å². The van der Waals surface area contributed by atoms with Gasteiger partial charge in [0.25, 0.3) is 0 Å². The Morgan fingerprint density at radius 3 is 2.27 bits per heavy atom. The van der Waals surface area contributed by atoms with Crippen LogP contribution in [0.5, 0.6) is 0 Å². The maximum atomic E-state index is 7.26. The Labute approximate surface area is 175 Å². The van der Waals surface area contributed by atoms with Crippen LogP contribution >= 0.6 is 0 Å². The fourth-order valence-corrected chi connectivity index (χ4v) is 4.07.